The number of para-hydroxylation sites is 1. The number of H-pyrrole nitrogens is 1. The number of imidazole rings is 1. The largest absolute Gasteiger partial charge is 0.366 e. The van der Waals surface area contributed by atoms with E-state index in [0.29, 0.717) is 16.7 Å². The lowest BCUT2D eigenvalue weighted by Crippen LogP contribution is -1.99. The van der Waals surface area contributed by atoms with E-state index >= 15 is 0 Å². The summed E-state index contributed by atoms with van der Waals surface area (Å²) in [5.74, 6) is 1.43. The van der Waals surface area contributed by atoms with E-state index in [0.717, 1.165) is 17.6 Å². The van der Waals surface area contributed by atoms with Crippen LogP contribution < -0.4 is 5.73 Å². The Bertz CT molecular complexity index is 713. The van der Waals surface area contributed by atoms with Crippen LogP contribution in [0.4, 0.5) is 5.95 Å². The van der Waals surface area contributed by atoms with E-state index in [1.54, 1.807) is 0 Å². The molecule has 3 aromatic rings. The second-order valence-electron chi connectivity index (χ2n) is 3.83. The third-order valence-corrected chi connectivity index (χ3v) is 3.05. The van der Waals surface area contributed by atoms with E-state index in [1.165, 1.54) is 0 Å². The molecular weight excluding hydrogens is 252 g/mol. The Morgan fingerprint density at radius 1 is 1.39 bits per heavy atom. The number of nitrogen functional groups attached to an aromatic ring is 1. The highest BCUT2D eigenvalue weighted by Crippen LogP contribution is 2.28. The van der Waals surface area contributed by atoms with Gasteiger partial charge < -0.3 is 10.3 Å². The van der Waals surface area contributed by atoms with Crippen molar-refractivity contribution in [2.75, 3.05) is 5.73 Å². The van der Waals surface area contributed by atoms with Crippen LogP contribution in [0.15, 0.2) is 18.2 Å². The van der Waals surface area contributed by atoms with Crippen LogP contribution in [0, 0.1) is 0 Å². The maximum atomic E-state index is 6.22. The van der Waals surface area contributed by atoms with Gasteiger partial charge in [0.1, 0.15) is 0 Å². The predicted molar refractivity (Wildman–Crippen MR) is 70.2 cm³/mol. The van der Waals surface area contributed by atoms with Crippen molar-refractivity contribution >= 4 is 28.6 Å². The summed E-state index contributed by atoms with van der Waals surface area (Å²) in [5, 5.41) is 7.25. The third-order valence-electron chi connectivity index (χ3n) is 2.75. The maximum Gasteiger partial charge on any atom is 0.239 e. The Hall–Kier alpha value is -2.08. The smallest absolute Gasteiger partial charge is 0.239 e. The lowest BCUT2D eigenvalue weighted by atomic mass is 10.3. The van der Waals surface area contributed by atoms with E-state index in [1.807, 2.05) is 29.7 Å². The second kappa shape index (κ2) is 3.99. The summed E-state index contributed by atoms with van der Waals surface area (Å²) in [6.07, 6.45) is 0. The first kappa shape index (κ1) is 11.0. The first-order chi connectivity index (χ1) is 8.70. The van der Waals surface area contributed by atoms with Gasteiger partial charge in [-0.25, -0.2) is 4.98 Å². The van der Waals surface area contributed by atoms with Gasteiger partial charge in [0.25, 0.3) is 0 Å². The zero-order valence-corrected chi connectivity index (χ0v) is 10.4. The molecule has 0 aliphatic rings. The molecule has 3 N–H and O–H groups in total. The average Bonchev–Trinajstić information content (AvgIpc) is 2.92. The van der Waals surface area contributed by atoms with Gasteiger partial charge in [0.2, 0.25) is 5.95 Å². The van der Waals surface area contributed by atoms with Crippen LogP contribution in [0.25, 0.3) is 22.7 Å². The van der Waals surface area contributed by atoms with Crippen molar-refractivity contribution in [1.29, 1.82) is 0 Å². The van der Waals surface area contributed by atoms with E-state index in [9.17, 15) is 0 Å². The van der Waals surface area contributed by atoms with Crippen LogP contribution in [0.5, 0.6) is 0 Å². The molecule has 6 nitrogen and oxygen atoms in total. The summed E-state index contributed by atoms with van der Waals surface area (Å²) >= 11 is 6.22. The summed E-state index contributed by atoms with van der Waals surface area (Å²) in [5.41, 5.74) is 7.24. The Kier molecular flexibility index (Phi) is 2.45. The Morgan fingerprint density at radius 3 is 2.89 bits per heavy atom. The van der Waals surface area contributed by atoms with Gasteiger partial charge in [-0.15, -0.1) is 5.10 Å². The molecule has 2 aromatic heterocycles. The van der Waals surface area contributed by atoms with Gasteiger partial charge in [0.05, 0.1) is 16.1 Å². The fourth-order valence-electron chi connectivity index (χ4n) is 2.01. The third kappa shape index (κ3) is 1.53. The van der Waals surface area contributed by atoms with Crippen molar-refractivity contribution in [2.24, 2.45) is 0 Å². The number of aryl methyl sites for hydroxylation is 1. The lowest BCUT2D eigenvalue weighted by molar-refractivity contribution is 0.789. The molecule has 0 aliphatic heterocycles. The van der Waals surface area contributed by atoms with Gasteiger partial charge in [-0.1, -0.05) is 17.7 Å². The fourth-order valence-corrected chi connectivity index (χ4v) is 2.28. The SMILES string of the molecule is CCn1c(-c2nc(N)n[nH]2)nc2cccc(Cl)c21. The second-order valence-corrected chi connectivity index (χ2v) is 4.24. The van der Waals surface area contributed by atoms with Crippen LogP contribution >= 0.6 is 11.6 Å². The molecule has 0 unspecified atom stereocenters. The number of halogens is 1. The zero-order valence-electron chi connectivity index (χ0n) is 9.68. The number of aromatic nitrogens is 5. The highest BCUT2D eigenvalue weighted by Gasteiger charge is 2.16. The quantitative estimate of drug-likeness (QED) is 0.740. The molecular formula is C11H11ClN6. The monoisotopic (exact) mass is 262 g/mol. The summed E-state index contributed by atoms with van der Waals surface area (Å²) < 4.78 is 1.98. The maximum absolute atomic E-state index is 6.22. The molecule has 0 bridgehead atoms. The number of nitrogens with zero attached hydrogens (tertiary/aromatic N) is 4. The molecule has 0 fully saturated rings. The fraction of sp³-hybridized carbons (Fsp3) is 0.182. The molecule has 0 aliphatic carbocycles. The first-order valence-corrected chi connectivity index (χ1v) is 5.91. The minimum atomic E-state index is 0.200. The number of rotatable bonds is 2. The minimum Gasteiger partial charge on any atom is -0.366 e. The summed E-state index contributed by atoms with van der Waals surface area (Å²) in [4.78, 5) is 8.62. The van der Waals surface area contributed by atoms with Crippen LogP contribution in [-0.4, -0.2) is 24.7 Å². The minimum absolute atomic E-state index is 0.200. The van der Waals surface area contributed by atoms with Gasteiger partial charge in [-0.3, -0.25) is 5.10 Å². The molecule has 92 valence electrons. The topological polar surface area (TPSA) is 85.4 Å². The van der Waals surface area contributed by atoms with Gasteiger partial charge in [0, 0.05) is 6.54 Å². The highest BCUT2D eigenvalue weighted by molar-refractivity contribution is 6.35. The number of benzene rings is 1. The number of nitrogens with one attached hydrogen (secondary N) is 1. The molecule has 0 spiro atoms. The molecule has 18 heavy (non-hydrogen) atoms. The van der Waals surface area contributed by atoms with E-state index < -0.39 is 0 Å². The van der Waals surface area contributed by atoms with Crippen molar-refractivity contribution < 1.29 is 0 Å². The standard InChI is InChI=1S/C11H11ClN6/c1-2-18-8-6(12)4-3-5-7(8)14-10(18)9-15-11(13)17-16-9/h3-5H,2H2,1H3,(H3,13,15,16,17). The van der Waals surface area contributed by atoms with Crippen molar-refractivity contribution in [3.8, 4) is 11.6 Å². The number of hydrogen-bond acceptors (Lipinski definition) is 4. The van der Waals surface area contributed by atoms with E-state index in [2.05, 4.69) is 20.2 Å². The van der Waals surface area contributed by atoms with E-state index in [-0.39, 0.29) is 5.95 Å². The summed E-state index contributed by atoms with van der Waals surface area (Å²) in [6.45, 7) is 2.75. The Balaban J connectivity index is 2.33. The highest BCUT2D eigenvalue weighted by atomic mass is 35.5. The number of fused-ring (bicyclic) bond motifs is 1. The number of hydrogen-bond donors (Lipinski definition) is 2. The Morgan fingerprint density at radius 2 is 2.22 bits per heavy atom. The molecule has 1 aromatic carbocycles. The van der Waals surface area contributed by atoms with E-state index in [4.69, 9.17) is 17.3 Å². The van der Waals surface area contributed by atoms with Crippen LogP contribution in [0.1, 0.15) is 6.92 Å². The zero-order chi connectivity index (χ0) is 12.7. The summed E-state index contributed by atoms with van der Waals surface area (Å²) in [6, 6.07) is 5.63. The summed E-state index contributed by atoms with van der Waals surface area (Å²) in [7, 11) is 0. The number of anilines is 1. The van der Waals surface area contributed by atoms with Gasteiger partial charge in [0.15, 0.2) is 11.6 Å². The predicted octanol–water partition coefficient (Wildman–Crippen LogP) is 2.08. The van der Waals surface area contributed by atoms with Crippen LogP contribution in [0.2, 0.25) is 5.02 Å². The van der Waals surface area contributed by atoms with Crippen molar-refractivity contribution in [3.05, 3.63) is 23.2 Å². The van der Waals surface area contributed by atoms with Crippen molar-refractivity contribution in [3.63, 3.8) is 0 Å². The molecule has 0 atom stereocenters. The normalized spacial score (nSPS) is 11.2. The average molecular weight is 263 g/mol. The molecule has 0 saturated carbocycles. The van der Waals surface area contributed by atoms with Gasteiger partial charge >= 0.3 is 0 Å². The van der Waals surface area contributed by atoms with Crippen LogP contribution in [0.3, 0.4) is 0 Å². The molecule has 3 rings (SSSR count). The first-order valence-electron chi connectivity index (χ1n) is 5.53. The van der Waals surface area contributed by atoms with Crippen molar-refractivity contribution in [2.45, 2.75) is 13.5 Å². The van der Waals surface area contributed by atoms with Crippen molar-refractivity contribution in [1.82, 2.24) is 24.7 Å². The van der Waals surface area contributed by atoms with Gasteiger partial charge in [-0.05, 0) is 19.1 Å². The molecule has 0 radical (unpaired) electrons. The number of nitrogens with two attached hydrogens (primary N) is 1. The van der Waals surface area contributed by atoms with Gasteiger partial charge in [-0.2, -0.15) is 4.98 Å². The molecule has 0 saturated heterocycles. The lowest BCUT2D eigenvalue weighted by Gasteiger charge is -2.04. The number of aromatic amines is 1. The van der Waals surface area contributed by atoms with Crippen LogP contribution in [-0.2, 0) is 6.54 Å². The molecule has 7 heteroatoms. The molecule has 0 amide bonds. The molecule has 2 heterocycles. The Labute approximate surface area is 108 Å².